The Morgan fingerprint density at radius 3 is 2.73 bits per heavy atom. The highest BCUT2D eigenvalue weighted by atomic mass is 15.0. The zero-order valence-electron chi connectivity index (χ0n) is 9.89. The molecule has 1 aliphatic carbocycles. The summed E-state index contributed by atoms with van der Waals surface area (Å²) in [6.45, 7) is 4.94. The summed E-state index contributed by atoms with van der Waals surface area (Å²) in [5, 5.41) is 7.43. The van der Waals surface area contributed by atoms with Crippen molar-refractivity contribution >= 4 is 0 Å². The minimum Gasteiger partial charge on any atom is -0.316 e. The molecule has 0 aromatic heterocycles. The second kappa shape index (κ2) is 3.74. The smallest absolute Gasteiger partial charge is 0.0111 e. The average molecular weight is 208 g/mol. The van der Waals surface area contributed by atoms with Gasteiger partial charge >= 0.3 is 0 Å². The van der Waals surface area contributed by atoms with Gasteiger partial charge in [0, 0.05) is 18.6 Å². The van der Waals surface area contributed by atoms with Crippen molar-refractivity contribution in [3.8, 4) is 0 Å². The Bertz CT molecular complexity index is 235. The van der Waals surface area contributed by atoms with Crippen LogP contribution in [0.15, 0.2) is 0 Å². The van der Waals surface area contributed by atoms with Crippen molar-refractivity contribution in [2.75, 3.05) is 13.1 Å². The van der Waals surface area contributed by atoms with Crippen LogP contribution in [0, 0.1) is 11.3 Å². The lowest BCUT2D eigenvalue weighted by molar-refractivity contribution is 0.153. The highest BCUT2D eigenvalue weighted by Crippen LogP contribution is 2.39. The van der Waals surface area contributed by atoms with Gasteiger partial charge in [-0.15, -0.1) is 0 Å². The number of hydrogen-bond donors (Lipinski definition) is 2. The molecule has 0 spiro atoms. The molecule has 3 atom stereocenters. The third-order valence-electron chi connectivity index (χ3n) is 4.95. The molecule has 1 saturated carbocycles. The van der Waals surface area contributed by atoms with Gasteiger partial charge in [0.2, 0.25) is 0 Å². The summed E-state index contributed by atoms with van der Waals surface area (Å²) in [7, 11) is 0. The molecule has 2 heterocycles. The fraction of sp³-hybridized carbons (Fsp3) is 1.00. The van der Waals surface area contributed by atoms with Crippen molar-refractivity contribution < 1.29 is 0 Å². The van der Waals surface area contributed by atoms with E-state index in [0.29, 0.717) is 5.41 Å². The predicted octanol–water partition coefficient (Wildman–Crippen LogP) is 1.91. The summed E-state index contributed by atoms with van der Waals surface area (Å²) < 4.78 is 0. The maximum atomic E-state index is 3.71. The zero-order chi connectivity index (χ0) is 10.3. The molecule has 0 radical (unpaired) electrons. The Morgan fingerprint density at radius 2 is 2.20 bits per heavy atom. The lowest BCUT2D eigenvalue weighted by Crippen LogP contribution is -2.40. The van der Waals surface area contributed by atoms with Gasteiger partial charge in [-0.05, 0) is 50.0 Å². The molecule has 2 heteroatoms. The first-order chi connectivity index (χ1) is 7.25. The van der Waals surface area contributed by atoms with Gasteiger partial charge in [0.05, 0.1) is 0 Å². The van der Waals surface area contributed by atoms with Gasteiger partial charge in [-0.3, -0.25) is 0 Å². The van der Waals surface area contributed by atoms with Crippen LogP contribution in [0.2, 0.25) is 0 Å². The van der Waals surface area contributed by atoms with Crippen molar-refractivity contribution in [3.05, 3.63) is 0 Å². The van der Waals surface area contributed by atoms with Crippen LogP contribution >= 0.6 is 0 Å². The molecular weight excluding hydrogens is 184 g/mol. The van der Waals surface area contributed by atoms with Crippen LogP contribution in [0.1, 0.15) is 45.4 Å². The van der Waals surface area contributed by atoms with Crippen LogP contribution in [-0.2, 0) is 0 Å². The number of rotatable bonds is 4. The second-order valence-corrected chi connectivity index (χ2v) is 6.34. The lowest BCUT2D eigenvalue weighted by Gasteiger charge is -2.39. The molecule has 3 rings (SSSR count). The fourth-order valence-electron chi connectivity index (χ4n) is 3.68. The van der Waals surface area contributed by atoms with Gasteiger partial charge < -0.3 is 10.6 Å². The van der Waals surface area contributed by atoms with Crippen molar-refractivity contribution in [2.45, 2.75) is 57.5 Å². The Labute approximate surface area is 93.2 Å². The number of fused-ring (bicyclic) bond motifs is 2. The fourth-order valence-corrected chi connectivity index (χ4v) is 3.68. The Morgan fingerprint density at radius 1 is 1.33 bits per heavy atom. The van der Waals surface area contributed by atoms with Gasteiger partial charge in [-0.2, -0.15) is 0 Å². The van der Waals surface area contributed by atoms with Gasteiger partial charge in [0.15, 0.2) is 0 Å². The Kier molecular flexibility index (Phi) is 2.52. The van der Waals surface area contributed by atoms with Crippen molar-refractivity contribution in [1.82, 2.24) is 10.6 Å². The molecule has 0 aromatic carbocycles. The largest absolute Gasteiger partial charge is 0.316 e. The maximum Gasteiger partial charge on any atom is 0.0111 e. The first-order valence-electron chi connectivity index (χ1n) is 6.72. The molecule has 2 saturated heterocycles. The predicted molar refractivity (Wildman–Crippen MR) is 62.9 cm³/mol. The summed E-state index contributed by atoms with van der Waals surface area (Å²) in [4.78, 5) is 0. The van der Waals surface area contributed by atoms with E-state index in [1.807, 2.05) is 0 Å². The molecule has 2 aliphatic heterocycles. The van der Waals surface area contributed by atoms with Crippen LogP contribution in [0.4, 0.5) is 0 Å². The van der Waals surface area contributed by atoms with Crippen molar-refractivity contribution in [2.24, 2.45) is 11.3 Å². The summed E-state index contributed by atoms with van der Waals surface area (Å²) >= 11 is 0. The summed E-state index contributed by atoms with van der Waals surface area (Å²) in [5.41, 5.74) is 0.644. The van der Waals surface area contributed by atoms with E-state index >= 15 is 0 Å². The van der Waals surface area contributed by atoms with E-state index in [1.165, 1.54) is 51.6 Å². The third-order valence-corrected chi connectivity index (χ3v) is 4.95. The monoisotopic (exact) mass is 208 g/mol. The average Bonchev–Trinajstić information content (AvgIpc) is 2.76. The van der Waals surface area contributed by atoms with Gasteiger partial charge in [-0.25, -0.2) is 0 Å². The minimum absolute atomic E-state index is 0.644. The topological polar surface area (TPSA) is 24.1 Å². The molecule has 2 bridgehead atoms. The van der Waals surface area contributed by atoms with E-state index < -0.39 is 0 Å². The first-order valence-corrected chi connectivity index (χ1v) is 6.72. The highest BCUT2D eigenvalue weighted by Gasteiger charge is 2.39. The molecular formula is C13H24N2. The SMILES string of the molecule is CC1(CNCC2CC3CCC2N3)CCC1. The quantitative estimate of drug-likeness (QED) is 0.737. The van der Waals surface area contributed by atoms with Crippen molar-refractivity contribution in [3.63, 3.8) is 0 Å². The van der Waals surface area contributed by atoms with E-state index in [4.69, 9.17) is 0 Å². The Hall–Kier alpha value is -0.0800. The maximum absolute atomic E-state index is 3.71. The van der Waals surface area contributed by atoms with E-state index in [9.17, 15) is 0 Å². The molecule has 0 amide bonds. The molecule has 3 unspecified atom stereocenters. The zero-order valence-corrected chi connectivity index (χ0v) is 9.89. The van der Waals surface area contributed by atoms with Gasteiger partial charge in [0.25, 0.3) is 0 Å². The van der Waals surface area contributed by atoms with Crippen LogP contribution in [0.5, 0.6) is 0 Å². The lowest BCUT2D eigenvalue weighted by atomic mass is 9.70. The highest BCUT2D eigenvalue weighted by molar-refractivity contribution is 4.98. The van der Waals surface area contributed by atoms with Crippen LogP contribution in [-0.4, -0.2) is 25.2 Å². The van der Waals surface area contributed by atoms with Crippen LogP contribution in [0.3, 0.4) is 0 Å². The van der Waals surface area contributed by atoms with Gasteiger partial charge in [-0.1, -0.05) is 13.3 Å². The molecule has 3 fully saturated rings. The van der Waals surface area contributed by atoms with E-state index in [-0.39, 0.29) is 0 Å². The first kappa shape index (κ1) is 10.1. The molecule has 3 aliphatic rings. The minimum atomic E-state index is 0.644. The van der Waals surface area contributed by atoms with Crippen molar-refractivity contribution in [1.29, 1.82) is 0 Å². The Balaban J connectivity index is 1.39. The molecule has 2 nitrogen and oxygen atoms in total. The van der Waals surface area contributed by atoms with Crippen LogP contribution in [0.25, 0.3) is 0 Å². The summed E-state index contributed by atoms with van der Waals surface area (Å²) in [6, 6.07) is 1.71. The van der Waals surface area contributed by atoms with E-state index in [2.05, 4.69) is 17.6 Å². The van der Waals surface area contributed by atoms with E-state index in [1.54, 1.807) is 0 Å². The van der Waals surface area contributed by atoms with Gasteiger partial charge in [0.1, 0.15) is 0 Å². The molecule has 86 valence electrons. The molecule has 15 heavy (non-hydrogen) atoms. The molecule has 0 aromatic rings. The summed E-state index contributed by atoms with van der Waals surface area (Å²) in [5.74, 6) is 0.924. The third kappa shape index (κ3) is 1.94. The normalized spacial score (nSPS) is 41.8. The second-order valence-electron chi connectivity index (χ2n) is 6.34. The standard InChI is InChI=1S/C13H24N2/c1-13(5-2-6-13)9-14-8-10-7-11-3-4-12(10)15-11/h10-12,14-15H,2-9H2,1H3. The number of nitrogens with one attached hydrogen (secondary N) is 2. The molecule has 2 N–H and O–H groups in total. The number of hydrogen-bond acceptors (Lipinski definition) is 2. The summed E-state index contributed by atoms with van der Waals surface area (Å²) in [6.07, 6.45) is 8.61. The van der Waals surface area contributed by atoms with Crippen LogP contribution < -0.4 is 10.6 Å². The van der Waals surface area contributed by atoms with E-state index in [0.717, 1.165) is 18.0 Å².